The third-order valence-electron chi connectivity index (χ3n) is 2.64. The largest absolute Gasteiger partial charge is 0.496 e. The summed E-state index contributed by atoms with van der Waals surface area (Å²) in [5.41, 5.74) is 0.736. The maximum atomic E-state index is 11.9. The average Bonchev–Trinajstić information content (AvgIpc) is 2.85. The van der Waals surface area contributed by atoms with Crippen LogP contribution >= 0.6 is 0 Å². The Balaban J connectivity index is 2.22. The molecule has 0 aliphatic heterocycles. The molecule has 7 nitrogen and oxygen atoms in total. The van der Waals surface area contributed by atoms with Crippen molar-refractivity contribution in [2.24, 2.45) is 7.05 Å². The molecule has 0 atom stereocenters. The van der Waals surface area contributed by atoms with Gasteiger partial charge in [-0.1, -0.05) is 0 Å². The molecule has 0 unspecified atom stereocenters. The Kier molecular flexibility index (Phi) is 3.69. The summed E-state index contributed by atoms with van der Waals surface area (Å²) >= 11 is 0. The van der Waals surface area contributed by atoms with Crippen molar-refractivity contribution in [1.82, 2.24) is 9.78 Å². The molecule has 0 radical (unpaired) electrons. The van der Waals surface area contributed by atoms with E-state index in [1.807, 2.05) is 0 Å². The summed E-state index contributed by atoms with van der Waals surface area (Å²) in [7, 11) is 3.08. The number of carboxylic acid groups (broad SMARTS) is 1. The molecule has 0 bridgehead atoms. The number of aryl methyl sites for hydroxylation is 1. The molecule has 0 fully saturated rings. The van der Waals surface area contributed by atoms with Gasteiger partial charge in [-0.25, -0.2) is 4.79 Å². The van der Waals surface area contributed by atoms with E-state index >= 15 is 0 Å². The van der Waals surface area contributed by atoms with Crippen LogP contribution in [0.1, 0.15) is 20.8 Å². The lowest BCUT2D eigenvalue weighted by Gasteiger charge is -2.08. The van der Waals surface area contributed by atoms with Gasteiger partial charge in [0.2, 0.25) is 0 Å². The zero-order valence-corrected chi connectivity index (χ0v) is 11.0. The number of hydrogen-bond acceptors (Lipinski definition) is 4. The molecule has 2 N–H and O–H groups in total. The number of benzene rings is 1. The minimum atomic E-state index is -1.09. The zero-order chi connectivity index (χ0) is 14.7. The fourth-order valence-corrected chi connectivity index (χ4v) is 1.68. The van der Waals surface area contributed by atoms with Gasteiger partial charge in [-0.15, -0.1) is 0 Å². The predicted octanol–water partition coefficient (Wildman–Crippen LogP) is 1.38. The highest BCUT2D eigenvalue weighted by Gasteiger charge is 2.14. The number of hydrogen-bond donors (Lipinski definition) is 2. The molecule has 20 heavy (non-hydrogen) atoms. The van der Waals surface area contributed by atoms with Gasteiger partial charge < -0.3 is 15.2 Å². The van der Waals surface area contributed by atoms with Crippen molar-refractivity contribution < 1.29 is 19.4 Å². The number of nitrogens with zero attached hydrogens (tertiary/aromatic N) is 2. The SMILES string of the molecule is COc1cc(NC(=O)c2ccn(C)n2)ccc1C(=O)O. The van der Waals surface area contributed by atoms with Crippen molar-refractivity contribution in [1.29, 1.82) is 0 Å². The molecule has 1 aromatic carbocycles. The van der Waals surface area contributed by atoms with E-state index in [1.165, 1.54) is 30.0 Å². The summed E-state index contributed by atoms with van der Waals surface area (Å²) in [6.45, 7) is 0. The lowest BCUT2D eigenvalue weighted by molar-refractivity contribution is 0.0693. The lowest BCUT2D eigenvalue weighted by Crippen LogP contribution is -2.13. The van der Waals surface area contributed by atoms with Crippen LogP contribution in [0, 0.1) is 0 Å². The number of nitrogens with one attached hydrogen (secondary N) is 1. The molecule has 0 aliphatic carbocycles. The van der Waals surface area contributed by atoms with Gasteiger partial charge >= 0.3 is 5.97 Å². The Labute approximate surface area is 114 Å². The molecular weight excluding hydrogens is 262 g/mol. The van der Waals surface area contributed by atoms with E-state index in [4.69, 9.17) is 9.84 Å². The number of ether oxygens (including phenoxy) is 1. The topological polar surface area (TPSA) is 93.5 Å². The summed E-state index contributed by atoms with van der Waals surface area (Å²) in [5, 5.41) is 15.6. The maximum absolute atomic E-state index is 11.9. The van der Waals surface area contributed by atoms with Gasteiger partial charge in [0.05, 0.1) is 7.11 Å². The Hall–Kier alpha value is -2.83. The summed E-state index contributed by atoms with van der Waals surface area (Å²) < 4.78 is 6.50. The van der Waals surface area contributed by atoms with E-state index in [-0.39, 0.29) is 22.9 Å². The number of carbonyl (C=O) groups is 2. The number of methoxy groups -OCH3 is 1. The summed E-state index contributed by atoms with van der Waals surface area (Å²) in [5.74, 6) is -1.29. The normalized spacial score (nSPS) is 10.1. The van der Waals surface area contributed by atoms with E-state index in [9.17, 15) is 9.59 Å². The van der Waals surface area contributed by atoms with Crippen LogP contribution in [0.3, 0.4) is 0 Å². The second kappa shape index (κ2) is 5.43. The number of anilines is 1. The zero-order valence-electron chi connectivity index (χ0n) is 11.0. The Morgan fingerprint density at radius 3 is 2.65 bits per heavy atom. The number of carboxylic acids is 1. The molecule has 1 amide bonds. The van der Waals surface area contributed by atoms with Crippen LogP contribution in [0.15, 0.2) is 30.5 Å². The smallest absolute Gasteiger partial charge is 0.339 e. The number of carbonyl (C=O) groups excluding carboxylic acids is 1. The predicted molar refractivity (Wildman–Crippen MR) is 71.1 cm³/mol. The van der Waals surface area contributed by atoms with Crippen molar-refractivity contribution in [3.05, 3.63) is 41.7 Å². The van der Waals surface area contributed by atoms with Crippen LogP contribution in [-0.2, 0) is 7.05 Å². The van der Waals surface area contributed by atoms with Crippen molar-refractivity contribution in [3.8, 4) is 5.75 Å². The molecule has 0 saturated heterocycles. The minimum Gasteiger partial charge on any atom is -0.496 e. The quantitative estimate of drug-likeness (QED) is 0.879. The molecule has 1 heterocycles. The van der Waals surface area contributed by atoms with Gasteiger partial charge in [-0.3, -0.25) is 9.48 Å². The van der Waals surface area contributed by atoms with Crippen LogP contribution in [-0.4, -0.2) is 33.9 Å². The van der Waals surface area contributed by atoms with E-state index in [1.54, 1.807) is 19.3 Å². The minimum absolute atomic E-state index is 0.0309. The highest BCUT2D eigenvalue weighted by Crippen LogP contribution is 2.23. The summed E-state index contributed by atoms with van der Waals surface area (Å²) in [6.07, 6.45) is 1.66. The van der Waals surface area contributed by atoms with Gasteiger partial charge in [0.25, 0.3) is 5.91 Å². The third kappa shape index (κ3) is 2.77. The second-order valence-corrected chi connectivity index (χ2v) is 4.05. The highest BCUT2D eigenvalue weighted by atomic mass is 16.5. The molecule has 0 spiro atoms. The Morgan fingerprint density at radius 2 is 2.10 bits per heavy atom. The first kappa shape index (κ1) is 13.6. The van der Waals surface area contributed by atoms with Gasteiger partial charge in [0.1, 0.15) is 11.3 Å². The number of amides is 1. The monoisotopic (exact) mass is 275 g/mol. The molecular formula is C13H13N3O4. The van der Waals surface area contributed by atoms with E-state index in [0.29, 0.717) is 5.69 Å². The lowest BCUT2D eigenvalue weighted by atomic mass is 10.2. The maximum Gasteiger partial charge on any atom is 0.339 e. The van der Waals surface area contributed by atoms with Gasteiger partial charge in [-0.05, 0) is 18.2 Å². The fourth-order valence-electron chi connectivity index (χ4n) is 1.68. The number of rotatable bonds is 4. The standard InChI is InChI=1S/C13H13N3O4/c1-16-6-5-10(15-16)12(17)14-8-3-4-9(13(18)19)11(7-8)20-2/h3-7H,1-2H3,(H,14,17)(H,18,19). The molecule has 104 valence electrons. The Bertz CT molecular complexity index is 663. The van der Waals surface area contributed by atoms with Crippen LogP contribution in [0.4, 0.5) is 5.69 Å². The summed E-state index contributed by atoms with van der Waals surface area (Å²) in [4.78, 5) is 22.9. The molecule has 1 aromatic heterocycles. The second-order valence-electron chi connectivity index (χ2n) is 4.05. The molecule has 0 aliphatic rings. The third-order valence-corrected chi connectivity index (χ3v) is 2.64. The van der Waals surface area contributed by atoms with Crippen LogP contribution < -0.4 is 10.1 Å². The van der Waals surface area contributed by atoms with Crippen molar-refractivity contribution in [3.63, 3.8) is 0 Å². The van der Waals surface area contributed by atoms with Crippen molar-refractivity contribution in [2.45, 2.75) is 0 Å². The van der Waals surface area contributed by atoms with Crippen LogP contribution in [0.25, 0.3) is 0 Å². The number of aromatic nitrogens is 2. The molecule has 0 saturated carbocycles. The van der Waals surface area contributed by atoms with Gasteiger partial charge in [-0.2, -0.15) is 5.10 Å². The fraction of sp³-hybridized carbons (Fsp3) is 0.154. The van der Waals surface area contributed by atoms with Crippen molar-refractivity contribution in [2.75, 3.05) is 12.4 Å². The van der Waals surface area contributed by atoms with Crippen LogP contribution in [0.5, 0.6) is 5.75 Å². The molecule has 7 heteroatoms. The van der Waals surface area contributed by atoms with Crippen LogP contribution in [0.2, 0.25) is 0 Å². The highest BCUT2D eigenvalue weighted by molar-refractivity contribution is 6.03. The van der Waals surface area contributed by atoms with E-state index in [2.05, 4.69) is 10.4 Å². The van der Waals surface area contributed by atoms with Gasteiger partial charge in [0.15, 0.2) is 5.69 Å². The van der Waals surface area contributed by atoms with Gasteiger partial charge in [0, 0.05) is 25.0 Å². The Morgan fingerprint density at radius 1 is 1.35 bits per heavy atom. The first-order valence-corrected chi connectivity index (χ1v) is 5.73. The van der Waals surface area contributed by atoms with Crippen molar-refractivity contribution >= 4 is 17.6 Å². The number of aromatic carboxylic acids is 1. The van der Waals surface area contributed by atoms with E-state index in [0.717, 1.165) is 0 Å². The molecule has 2 rings (SSSR count). The first-order valence-electron chi connectivity index (χ1n) is 5.73. The molecule has 2 aromatic rings. The van der Waals surface area contributed by atoms with E-state index < -0.39 is 5.97 Å². The summed E-state index contributed by atoms with van der Waals surface area (Å²) in [6, 6.07) is 5.89. The average molecular weight is 275 g/mol. The first-order chi connectivity index (χ1) is 9.51.